The van der Waals surface area contributed by atoms with Gasteiger partial charge in [0.25, 0.3) is 0 Å². The summed E-state index contributed by atoms with van der Waals surface area (Å²) < 4.78 is 5.32. The zero-order valence-electron chi connectivity index (χ0n) is 10.3. The van der Waals surface area contributed by atoms with Crippen LogP contribution in [0, 0.1) is 0 Å². The van der Waals surface area contributed by atoms with Crippen molar-refractivity contribution in [2.75, 3.05) is 25.1 Å². The Bertz CT molecular complexity index is 429. The summed E-state index contributed by atoms with van der Waals surface area (Å²) in [5, 5.41) is 11.7. The van der Waals surface area contributed by atoms with Gasteiger partial charge in [-0.25, -0.2) is 9.97 Å². The van der Waals surface area contributed by atoms with Crippen molar-refractivity contribution in [3.8, 4) is 0 Å². The minimum atomic E-state index is -0.0213. The molecule has 18 heavy (non-hydrogen) atoms. The molecular weight excluding hydrogens is 234 g/mol. The molecule has 0 unspecified atom stereocenters. The first-order chi connectivity index (χ1) is 8.76. The Labute approximate surface area is 105 Å². The van der Waals surface area contributed by atoms with Crippen molar-refractivity contribution < 1.29 is 9.94 Å². The smallest absolute Gasteiger partial charge is 0.192 e. The number of amidine groups is 1. The number of piperidine rings is 1. The third-order valence-corrected chi connectivity index (χ3v) is 3.10. The van der Waals surface area contributed by atoms with E-state index in [0.29, 0.717) is 17.6 Å². The van der Waals surface area contributed by atoms with Gasteiger partial charge in [0.2, 0.25) is 0 Å². The van der Waals surface area contributed by atoms with Crippen LogP contribution in [0.4, 0.5) is 5.82 Å². The molecule has 0 spiro atoms. The molecule has 1 fully saturated rings. The fourth-order valence-electron chi connectivity index (χ4n) is 2.09. The van der Waals surface area contributed by atoms with Crippen molar-refractivity contribution >= 4 is 11.7 Å². The number of rotatable bonds is 3. The summed E-state index contributed by atoms with van der Waals surface area (Å²) in [4.78, 5) is 10.5. The van der Waals surface area contributed by atoms with E-state index in [1.807, 2.05) is 0 Å². The molecule has 0 amide bonds. The van der Waals surface area contributed by atoms with Crippen LogP contribution in [0.25, 0.3) is 0 Å². The van der Waals surface area contributed by atoms with Gasteiger partial charge in [0.1, 0.15) is 0 Å². The predicted molar refractivity (Wildman–Crippen MR) is 66.8 cm³/mol. The van der Waals surface area contributed by atoms with Gasteiger partial charge in [0.15, 0.2) is 17.3 Å². The van der Waals surface area contributed by atoms with Gasteiger partial charge in [-0.2, -0.15) is 0 Å². The highest BCUT2D eigenvalue weighted by Crippen LogP contribution is 2.21. The number of hydrogen-bond donors (Lipinski definition) is 2. The average Bonchev–Trinajstić information content (AvgIpc) is 2.46. The highest BCUT2D eigenvalue weighted by atomic mass is 16.5. The molecular formula is C11H17N5O2. The maximum absolute atomic E-state index is 8.75. The molecule has 1 saturated heterocycles. The second-order valence-electron chi connectivity index (χ2n) is 4.14. The maximum atomic E-state index is 8.75. The first-order valence-corrected chi connectivity index (χ1v) is 5.83. The Morgan fingerprint density at radius 1 is 1.44 bits per heavy atom. The summed E-state index contributed by atoms with van der Waals surface area (Å²) in [5.41, 5.74) is 6.01. The van der Waals surface area contributed by atoms with E-state index in [0.717, 1.165) is 25.9 Å². The van der Waals surface area contributed by atoms with Gasteiger partial charge in [0, 0.05) is 32.6 Å². The first kappa shape index (κ1) is 12.6. The molecule has 0 bridgehead atoms. The fourth-order valence-corrected chi connectivity index (χ4v) is 2.09. The highest BCUT2D eigenvalue weighted by molar-refractivity contribution is 5.99. The van der Waals surface area contributed by atoms with E-state index in [1.165, 1.54) is 6.20 Å². The summed E-state index contributed by atoms with van der Waals surface area (Å²) in [6.45, 7) is 1.64. The van der Waals surface area contributed by atoms with E-state index < -0.39 is 0 Å². The van der Waals surface area contributed by atoms with Crippen LogP contribution in [0.2, 0.25) is 0 Å². The number of methoxy groups -OCH3 is 1. The van der Waals surface area contributed by atoms with E-state index >= 15 is 0 Å². The van der Waals surface area contributed by atoms with Crippen LogP contribution in [0.3, 0.4) is 0 Å². The summed E-state index contributed by atoms with van der Waals surface area (Å²) in [7, 11) is 1.73. The topological polar surface area (TPSA) is 96.9 Å². The lowest BCUT2D eigenvalue weighted by molar-refractivity contribution is 0.0818. The molecule has 3 N–H and O–H groups in total. The third kappa shape index (κ3) is 2.51. The number of nitrogens with two attached hydrogens (primary N) is 1. The monoisotopic (exact) mass is 251 g/mol. The van der Waals surface area contributed by atoms with Crippen molar-refractivity contribution in [3.63, 3.8) is 0 Å². The van der Waals surface area contributed by atoms with Gasteiger partial charge in [-0.05, 0) is 12.8 Å². The minimum Gasteiger partial charge on any atom is -0.409 e. The van der Waals surface area contributed by atoms with E-state index in [1.54, 1.807) is 13.3 Å². The molecule has 1 aromatic heterocycles. The van der Waals surface area contributed by atoms with E-state index in [-0.39, 0.29) is 5.84 Å². The summed E-state index contributed by atoms with van der Waals surface area (Å²) in [6, 6.07) is 0. The van der Waals surface area contributed by atoms with Crippen molar-refractivity contribution in [2.45, 2.75) is 18.9 Å². The molecule has 1 aliphatic heterocycles. The van der Waals surface area contributed by atoms with E-state index in [4.69, 9.17) is 15.7 Å². The van der Waals surface area contributed by atoms with Crippen molar-refractivity contribution in [3.05, 3.63) is 18.1 Å². The molecule has 1 aliphatic rings. The van der Waals surface area contributed by atoms with Gasteiger partial charge in [-0.3, -0.25) is 0 Å². The summed E-state index contributed by atoms with van der Waals surface area (Å²) in [6.07, 6.45) is 5.29. The van der Waals surface area contributed by atoms with Crippen LogP contribution in [0.1, 0.15) is 18.5 Å². The van der Waals surface area contributed by atoms with Crippen LogP contribution < -0.4 is 10.6 Å². The fraction of sp³-hybridized carbons (Fsp3) is 0.545. The maximum Gasteiger partial charge on any atom is 0.192 e. The van der Waals surface area contributed by atoms with Gasteiger partial charge in [-0.15, -0.1) is 0 Å². The largest absolute Gasteiger partial charge is 0.409 e. The standard InChI is InChI=1S/C11H17N5O2/c1-18-8-2-6-16(7-3-8)11-9(10(12)15-17)13-4-5-14-11/h4-5,8,17H,2-3,6-7H2,1H3,(H2,12,15). The van der Waals surface area contributed by atoms with Crippen LogP contribution in [0.5, 0.6) is 0 Å². The van der Waals surface area contributed by atoms with Crippen LogP contribution >= 0.6 is 0 Å². The number of ether oxygens (including phenoxy) is 1. The van der Waals surface area contributed by atoms with Crippen molar-refractivity contribution in [2.24, 2.45) is 10.9 Å². The highest BCUT2D eigenvalue weighted by Gasteiger charge is 2.23. The van der Waals surface area contributed by atoms with Gasteiger partial charge in [-0.1, -0.05) is 5.16 Å². The van der Waals surface area contributed by atoms with Crippen LogP contribution in [-0.2, 0) is 4.74 Å². The Hall–Kier alpha value is -1.89. The SMILES string of the molecule is COC1CCN(c2nccnc2C(N)=NO)CC1. The minimum absolute atomic E-state index is 0.0213. The molecule has 0 radical (unpaired) electrons. The molecule has 0 saturated carbocycles. The van der Waals surface area contributed by atoms with E-state index in [2.05, 4.69) is 20.0 Å². The molecule has 98 valence electrons. The number of hydrogen-bond acceptors (Lipinski definition) is 6. The predicted octanol–water partition coefficient (Wildman–Crippen LogP) is 0.186. The molecule has 7 nitrogen and oxygen atoms in total. The number of oxime groups is 1. The summed E-state index contributed by atoms with van der Waals surface area (Å²) in [5.74, 6) is 0.634. The van der Waals surface area contributed by atoms with Crippen LogP contribution in [-0.4, -0.2) is 47.3 Å². The second kappa shape index (κ2) is 5.63. The lowest BCUT2D eigenvalue weighted by atomic mass is 10.1. The lowest BCUT2D eigenvalue weighted by Gasteiger charge is -2.32. The van der Waals surface area contributed by atoms with Crippen molar-refractivity contribution in [1.29, 1.82) is 0 Å². The van der Waals surface area contributed by atoms with E-state index in [9.17, 15) is 0 Å². The number of anilines is 1. The molecule has 1 aromatic rings. The zero-order valence-corrected chi connectivity index (χ0v) is 10.3. The molecule has 7 heteroatoms. The molecule has 2 heterocycles. The molecule has 0 atom stereocenters. The number of nitrogens with zero attached hydrogens (tertiary/aromatic N) is 4. The molecule has 0 aliphatic carbocycles. The molecule has 2 rings (SSSR count). The Morgan fingerprint density at radius 3 is 2.72 bits per heavy atom. The summed E-state index contributed by atoms with van der Waals surface area (Å²) >= 11 is 0. The number of aromatic nitrogens is 2. The second-order valence-corrected chi connectivity index (χ2v) is 4.14. The van der Waals surface area contributed by atoms with Gasteiger partial charge < -0.3 is 20.6 Å². The Morgan fingerprint density at radius 2 is 2.11 bits per heavy atom. The van der Waals surface area contributed by atoms with Crippen LogP contribution in [0.15, 0.2) is 17.5 Å². The quantitative estimate of drug-likeness (QED) is 0.344. The van der Waals surface area contributed by atoms with Crippen molar-refractivity contribution in [1.82, 2.24) is 9.97 Å². The normalized spacial score (nSPS) is 18.1. The average molecular weight is 251 g/mol. The Balaban J connectivity index is 2.19. The van der Waals surface area contributed by atoms with Gasteiger partial charge in [0.05, 0.1) is 6.10 Å². The van der Waals surface area contributed by atoms with Gasteiger partial charge >= 0.3 is 0 Å². The third-order valence-electron chi connectivity index (χ3n) is 3.10. The lowest BCUT2D eigenvalue weighted by Crippen LogP contribution is -2.38. The molecule has 0 aromatic carbocycles. The zero-order chi connectivity index (χ0) is 13.0. The first-order valence-electron chi connectivity index (χ1n) is 5.83. The Kier molecular flexibility index (Phi) is 3.93.